The summed E-state index contributed by atoms with van der Waals surface area (Å²) in [5, 5.41) is 3.95. The molecule has 1 atom stereocenters. The number of carbonyl (C=O) groups excluding carboxylic acids is 1. The molecule has 0 radical (unpaired) electrons. The molecule has 78 valence electrons. The van der Waals surface area contributed by atoms with Gasteiger partial charge >= 0.3 is 6.03 Å². The maximum atomic E-state index is 10.5. The molecule has 0 heterocycles. The number of hydrogen-bond donors (Lipinski definition) is 2. The van der Waals surface area contributed by atoms with Gasteiger partial charge in [-0.15, -0.1) is 0 Å². The van der Waals surface area contributed by atoms with Gasteiger partial charge in [0, 0.05) is 0 Å². The average molecular weight is 195 g/mol. The van der Waals surface area contributed by atoms with Gasteiger partial charge < -0.3 is 5.73 Å². The Hall–Kier alpha value is -1.32. The SMILES string of the molecule is CCC1CC(C)=C/C(=N\NC(N)=O)C1. The Labute approximate surface area is 84.2 Å². The van der Waals surface area contributed by atoms with Crippen LogP contribution in [0.1, 0.15) is 33.1 Å². The number of allylic oxidation sites excluding steroid dienone is 2. The van der Waals surface area contributed by atoms with Crippen molar-refractivity contribution < 1.29 is 4.79 Å². The Morgan fingerprint density at radius 1 is 1.71 bits per heavy atom. The highest BCUT2D eigenvalue weighted by Crippen LogP contribution is 2.24. The highest BCUT2D eigenvalue weighted by atomic mass is 16.2. The summed E-state index contributed by atoms with van der Waals surface area (Å²) < 4.78 is 0. The van der Waals surface area contributed by atoms with Crippen molar-refractivity contribution in [2.75, 3.05) is 0 Å². The fourth-order valence-corrected chi connectivity index (χ4v) is 1.72. The lowest BCUT2D eigenvalue weighted by Gasteiger charge is -2.20. The molecular formula is C10H17N3O. The lowest BCUT2D eigenvalue weighted by Crippen LogP contribution is -2.26. The molecule has 14 heavy (non-hydrogen) atoms. The largest absolute Gasteiger partial charge is 0.350 e. The molecule has 0 bridgehead atoms. The molecule has 4 nitrogen and oxygen atoms in total. The minimum atomic E-state index is -0.609. The van der Waals surface area contributed by atoms with Gasteiger partial charge in [0.25, 0.3) is 0 Å². The average Bonchev–Trinajstić information content (AvgIpc) is 2.14. The van der Waals surface area contributed by atoms with Gasteiger partial charge in [-0.25, -0.2) is 10.2 Å². The van der Waals surface area contributed by atoms with E-state index in [0.717, 1.165) is 25.0 Å². The summed E-state index contributed by atoms with van der Waals surface area (Å²) in [4.78, 5) is 10.5. The molecule has 0 fully saturated rings. The van der Waals surface area contributed by atoms with Crippen LogP contribution < -0.4 is 11.2 Å². The number of nitrogens with zero attached hydrogens (tertiary/aromatic N) is 1. The molecule has 4 heteroatoms. The van der Waals surface area contributed by atoms with E-state index in [0.29, 0.717) is 5.92 Å². The van der Waals surface area contributed by atoms with Crippen molar-refractivity contribution in [3.8, 4) is 0 Å². The minimum absolute atomic E-state index is 0.609. The summed E-state index contributed by atoms with van der Waals surface area (Å²) in [5.41, 5.74) is 9.43. The molecule has 1 rings (SSSR count). The van der Waals surface area contributed by atoms with E-state index < -0.39 is 6.03 Å². The van der Waals surface area contributed by atoms with Gasteiger partial charge in [-0.05, 0) is 31.8 Å². The summed E-state index contributed by atoms with van der Waals surface area (Å²) in [5.74, 6) is 0.647. The lowest BCUT2D eigenvalue weighted by molar-refractivity contribution is 0.249. The summed E-state index contributed by atoms with van der Waals surface area (Å²) in [7, 11) is 0. The van der Waals surface area contributed by atoms with Crippen LogP contribution in [0.25, 0.3) is 0 Å². The molecule has 1 aliphatic carbocycles. The van der Waals surface area contributed by atoms with E-state index >= 15 is 0 Å². The van der Waals surface area contributed by atoms with E-state index in [1.807, 2.05) is 6.08 Å². The van der Waals surface area contributed by atoms with E-state index in [1.54, 1.807) is 0 Å². The summed E-state index contributed by atoms with van der Waals surface area (Å²) in [6.07, 6.45) is 5.21. The monoisotopic (exact) mass is 195 g/mol. The zero-order chi connectivity index (χ0) is 10.6. The summed E-state index contributed by atoms with van der Waals surface area (Å²) >= 11 is 0. The number of nitrogens with one attached hydrogen (secondary N) is 1. The second-order valence-electron chi connectivity index (χ2n) is 3.75. The van der Waals surface area contributed by atoms with Gasteiger partial charge in [-0.2, -0.15) is 5.10 Å². The Balaban J connectivity index is 2.65. The molecule has 0 aliphatic heterocycles. The number of hydrogen-bond acceptors (Lipinski definition) is 2. The Kier molecular flexibility index (Phi) is 3.68. The second kappa shape index (κ2) is 4.79. The Morgan fingerprint density at radius 3 is 3.00 bits per heavy atom. The number of amides is 2. The fourth-order valence-electron chi connectivity index (χ4n) is 1.72. The molecule has 1 unspecified atom stereocenters. The molecular weight excluding hydrogens is 178 g/mol. The van der Waals surface area contributed by atoms with E-state index in [-0.39, 0.29) is 0 Å². The lowest BCUT2D eigenvalue weighted by atomic mass is 9.87. The molecule has 0 saturated heterocycles. The van der Waals surface area contributed by atoms with Crippen LogP contribution in [-0.2, 0) is 0 Å². The first-order valence-electron chi connectivity index (χ1n) is 4.91. The van der Waals surface area contributed by atoms with Crippen LogP contribution in [0.5, 0.6) is 0 Å². The van der Waals surface area contributed by atoms with Crippen LogP contribution in [0.3, 0.4) is 0 Å². The van der Waals surface area contributed by atoms with E-state index in [4.69, 9.17) is 5.73 Å². The van der Waals surface area contributed by atoms with Gasteiger partial charge in [-0.1, -0.05) is 18.9 Å². The third-order valence-electron chi connectivity index (χ3n) is 2.41. The molecule has 1 aliphatic rings. The number of hydrazone groups is 1. The summed E-state index contributed by atoms with van der Waals surface area (Å²) in [6.45, 7) is 4.25. The Morgan fingerprint density at radius 2 is 2.43 bits per heavy atom. The van der Waals surface area contributed by atoms with Crippen LogP contribution in [0.2, 0.25) is 0 Å². The third-order valence-corrected chi connectivity index (χ3v) is 2.41. The quantitative estimate of drug-likeness (QED) is 0.648. The molecule has 0 aromatic rings. The highest BCUT2D eigenvalue weighted by molar-refractivity contribution is 5.97. The number of urea groups is 1. The summed E-state index contributed by atoms with van der Waals surface area (Å²) in [6, 6.07) is -0.609. The van der Waals surface area contributed by atoms with Crippen LogP contribution in [0, 0.1) is 5.92 Å². The number of nitrogens with two attached hydrogens (primary N) is 1. The number of primary amides is 1. The van der Waals surface area contributed by atoms with Crippen LogP contribution in [0.15, 0.2) is 16.8 Å². The third kappa shape index (κ3) is 3.20. The molecule has 0 saturated carbocycles. The van der Waals surface area contributed by atoms with Crippen molar-refractivity contribution in [1.82, 2.24) is 5.43 Å². The van der Waals surface area contributed by atoms with Crippen molar-refractivity contribution in [2.24, 2.45) is 16.8 Å². The standard InChI is InChI=1S/C10H17N3O/c1-3-8-4-7(2)5-9(6-8)12-13-10(11)14/h5,8H,3-4,6H2,1-2H3,(H3,11,13,14)/b12-9+. The zero-order valence-electron chi connectivity index (χ0n) is 8.71. The molecule has 0 aromatic carbocycles. The van der Waals surface area contributed by atoms with Crippen molar-refractivity contribution in [3.63, 3.8) is 0 Å². The second-order valence-corrected chi connectivity index (χ2v) is 3.75. The molecule has 2 amide bonds. The fraction of sp³-hybridized carbons (Fsp3) is 0.600. The van der Waals surface area contributed by atoms with Gasteiger partial charge in [-0.3, -0.25) is 0 Å². The van der Waals surface area contributed by atoms with Crippen LogP contribution in [0.4, 0.5) is 4.79 Å². The normalized spacial score (nSPS) is 24.6. The van der Waals surface area contributed by atoms with Gasteiger partial charge in [0.1, 0.15) is 0 Å². The smallest absolute Gasteiger partial charge is 0.332 e. The van der Waals surface area contributed by atoms with Crippen molar-refractivity contribution in [3.05, 3.63) is 11.6 Å². The van der Waals surface area contributed by atoms with Crippen molar-refractivity contribution >= 4 is 11.7 Å². The first-order chi connectivity index (χ1) is 6.61. The van der Waals surface area contributed by atoms with Crippen molar-refractivity contribution in [1.29, 1.82) is 0 Å². The topological polar surface area (TPSA) is 67.5 Å². The number of rotatable bonds is 2. The van der Waals surface area contributed by atoms with Crippen LogP contribution in [-0.4, -0.2) is 11.7 Å². The van der Waals surface area contributed by atoms with Gasteiger partial charge in [0.05, 0.1) is 5.71 Å². The van der Waals surface area contributed by atoms with E-state index in [1.165, 1.54) is 5.57 Å². The van der Waals surface area contributed by atoms with Crippen molar-refractivity contribution in [2.45, 2.75) is 33.1 Å². The minimum Gasteiger partial charge on any atom is -0.350 e. The highest BCUT2D eigenvalue weighted by Gasteiger charge is 2.15. The molecule has 0 spiro atoms. The zero-order valence-corrected chi connectivity index (χ0v) is 8.71. The first kappa shape index (κ1) is 10.8. The van der Waals surface area contributed by atoms with Gasteiger partial charge in [0.2, 0.25) is 0 Å². The van der Waals surface area contributed by atoms with Gasteiger partial charge in [0.15, 0.2) is 0 Å². The predicted octanol–water partition coefficient (Wildman–Crippen LogP) is 1.78. The molecule has 0 aromatic heterocycles. The maximum Gasteiger partial charge on any atom is 0.332 e. The maximum absolute atomic E-state index is 10.5. The predicted molar refractivity (Wildman–Crippen MR) is 56.9 cm³/mol. The van der Waals surface area contributed by atoms with E-state index in [2.05, 4.69) is 24.4 Å². The van der Waals surface area contributed by atoms with Crippen LogP contribution >= 0.6 is 0 Å². The number of carbonyl (C=O) groups is 1. The Bertz CT molecular complexity index is 281. The van der Waals surface area contributed by atoms with E-state index in [9.17, 15) is 4.79 Å². The first-order valence-corrected chi connectivity index (χ1v) is 4.91. The molecule has 3 N–H and O–H groups in total.